The zero-order valence-electron chi connectivity index (χ0n) is 11.8. The number of hydrogen-bond acceptors (Lipinski definition) is 4. The Hall–Kier alpha value is -1.94. The molecule has 0 amide bonds. The van der Waals surface area contributed by atoms with Gasteiger partial charge in [-0.1, -0.05) is 36.7 Å². The second-order valence-electron chi connectivity index (χ2n) is 5.32. The zero-order valence-corrected chi connectivity index (χ0v) is 12.6. The Morgan fingerprint density at radius 2 is 2.19 bits per heavy atom. The summed E-state index contributed by atoms with van der Waals surface area (Å²) in [6.07, 6.45) is 4.59. The van der Waals surface area contributed by atoms with Crippen LogP contribution in [0, 0.1) is 0 Å². The Balaban J connectivity index is 2.08. The van der Waals surface area contributed by atoms with Gasteiger partial charge in [-0.05, 0) is 24.8 Å². The lowest BCUT2D eigenvalue weighted by Gasteiger charge is -2.31. The maximum Gasteiger partial charge on any atom is 0.164 e. The Kier molecular flexibility index (Phi) is 2.93. The Bertz CT molecular complexity index is 754. The van der Waals surface area contributed by atoms with Crippen molar-refractivity contribution in [1.29, 1.82) is 0 Å². The van der Waals surface area contributed by atoms with E-state index >= 15 is 0 Å². The number of nitrogens with zero attached hydrogens (tertiary/aromatic N) is 4. The summed E-state index contributed by atoms with van der Waals surface area (Å²) < 4.78 is 0. The summed E-state index contributed by atoms with van der Waals surface area (Å²) >= 11 is 6.28. The van der Waals surface area contributed by atoms with Gasteiger partial charge in [0.25, 0.3) is 0 Å². The molecule has 2 aliphatic heterocycles. The lowest BCUT2D eigenvalue weighted by Crippen LogP contribution is -2.26. The first-order valence-corrected chi connectivity index (χ1v) is 7.65. The molecule has 0 unspecified atom stereocenters. The lowest BCUT2D eigenvalue weighted by molar-refractivity contribution is 0.759. The van der Waals surface area contributed by atoms with Crippen LogP contribution in [0.3, 0.4) is 0 Å². The summed E-state index contributed by atoms with van der Waals surface area (Å²) in [5.41, 5.74) is 5.55. The van der Waals surface area contributed by atoms with Crippen molar-refractivity contribution in [2.75, 3.05) is 11.4 Å². The van der Waals surface area contributed by atoms with Gasteiger partial charge >= 0.3 is 0 Å². The van der Waals surface area contributed by atoms with Gasteiger partial charge in [0.2, 0.25) is 0 Å². The third-order valence-electron chi connectivity index (χ3n) is 4.12. The summed E-state index contributed by atoms with van der Waals surface area (Å²) in [4.78, 5) is 15.6. The quantitative estimate of drug-likeness (QED) is 0.746. The molecule has 1 aromatic carbocycles. The number of hydrogen-bond donors (Lipinski definition) is 0. The van der Waals surface area contributed by atoms with Crippen molar-refractivity contribution in [2.24, 2.45) is 4.99 Å². The van der Waals surface area contributed by atoms with Crippen LogP contribution in [-0.4, -0.2) is 22.2 Å². The van der Waals surface area contributed by atoms with Crippen molar-refractivity contribution in [3.63, 3.8) is 0 Å². The van der Waals surface area contributed by atoms with Gasteiger partial charge in [0.15, 0.2) is 11.0 Å². The van der Waals surface area contributed by atoms with E-state index in [1.165, 1.54) is 23.1 Å². The molecule has 5 heteroatoms. The number of anilines is 2. The Morgan fingerprint density at radius 3 is 3.05 bits per heavy atom. The van der Waals surface area contributed by atoms with Crippen molar-refractivity contribution in [3.8, 4) is 0 Å². The first-order chi connectivity index (χ1) is 10.3. The number of rotatable bonds is 1. The van der Waals surface area contributed by atoms with Gasteiger partial charge < -0.3 is 4.90 Å². The number of fused-ring (bicyclic) bond motifs is 2. The minimum Gasteiger partial charge on any atom is -0.324 e. The van der Waals surface area contributed by atoms with Crippen LogP contribution in [0.1, 0.15) is 30.9 Å². The van der Waals surface area contributed by atoms with Crippen LogP contribution in [0.25, 0.3) is 0 Å². The van der Waals surface area contributed by atoms with Gasteiger partial charge in [-0.15, -0.1) is 0 Å². The molecule has 1 aromatic heterocycles. The fourth-order valence-corrected chi connectivity index (χ4v) is 3.37. The van der Waals surface area contributed by atoms with Crippen LogP contribution in [0.2, 0.25) is 5.15 Å². The van der Waals surface area contributed by atoms with Crippen LogP contribution >= 0.6 is 11.6 Å². The summed E-state index contributed by atoms with van der Waals surface area (Å²) in [6, 6.07) is 6.46. The van der Waals surface area contributed by atoms with E-state index < -0.39 is 0 Å². The van der Waals surface area contributed by atoms with Crippen molar-refractivity contribution < 1.29 is 0 Å². The predicted molar refractivity (Wildman–Crippen MR) is 85.3 cm³/mol. The molecular weight excluding hydrogens is 284 g/mol. The summed E-state index contributed by atoms with van der Waals surface area (Å²) in [5, 5.41) is 0.422. The molecule has 0 fully saturated rings. The van der Waals surface area contributed by atoms with E-state index in [-0.39, 0.29) is 0 Å². The van der Waals surface area contributed by atoms with Crippen LogP contribution in [0.4, 0.5) is 17.2 Å². The highest BCUT2D eigenvalue weighted by Crippen LogP contribution is 2.44. The van der Waals surface area contributed by atoms with Crippen molar-refractivity contribution in [3.05, 3.63) is 40.8 Å². The first-order valence-electron chi connectivity index (χ1n) is 7.27. The highest BCUT2D eigenvalue weighted by atomic mass is 35.5. The molecule has 0 aliphatic carbocycles. The molecule has 0 N–H and O–H groups in total. The lowest BCUT2D eigenvalue weighted by atomic mass is 9.95. The second-order valence-corrected chi connectivity index (χ2v) is 5.68. The number of para-hydroxylation sites is 1. The fourth-order valence-electron chi connectivity index (χ4n) is 3.20. The van der Waals surface area contributed by atoms with Gasteiger partial charge in [0.1, 0.15) is 12.0 Å². The highest BCUT2D eigenvalue weighted by Gasteiger charge is 2.29. The van der Waals surface area contributed by atoms with E-state index in [2.05, 4.69) is 40.0 Å². The fraction of sp³-hybridized carbons (Fsp3) is 0.312. The molecule has 3 heterocycles. The molecule has 0 spiro atoms. The maximum atomic E-state index is 6.28. The van der Waals surface area contributed by atoms with Gasteiger partial charge in [-0.25, -0.2) is 15.0 Å². The number of aliphatic imine (C=N–C) groups is 1. The molecule has 0 radical (unpaired) electrons. The van der Waals surface area contributed by atoms with Crippen molar-refractivity contribution in [1.82, 2.24) is 9.97 Å². The molecular formula is C16H15ClN4. The third-order valence-corrected chi connectivity index (χ3v) is 4.40. The molecule has 21 heavy (non-hydrogen) atoms. The van der Waals surface area contributed by atoms with E-state index in [9.17, 15) is 0 Å². The Labute approximate surface area is 128 Å². The smallest absolute Gasteiger partial charge is 0.164 e. The van der Waals surface area contributed by atoms with Crippen LogP contribution in [0.5, 0.6) is 0 Å². The van der Waals surface area contributed by atoms with Crippen LogP contribution < -0.4 is 4.90 Å². The normalized spacial score (nSPS) is 15.9. The minimum absolute atomic E-state index is 0.422. The Morgan fingerprint density at radius 1 is 1.29 bits per heavy atom. The topological polar surface area (TPSA) is 41.4 Å². The van der Waals surface area contributed by atoms with Gasteiger partial charge in [0.05, 0.1) is 11.4 Å². The molecule has 4 rings (SSSR count). The molecule has 106 valence electrons. The van der Waals surface area contributed by atoms with E-state index in [0.717, 1.165) is 37.3 Å². The summed E-state index contributed by atoms with van der Waals surface area (Å²) in [7, 11) is 0. The largest absolute Gasteiger partial charge is 0.324 e. The third kappa shape index (κ3) is 1.86. The first kappa shape index (κ1) is 12.8. The number of benzene rings is 1. The number of aryl methyl sites for hydroxylation is 1. The summed E-state index contributed by atoms with van der Waals surface area (Å²) in [5.74, 6) is 0.826. The summed E-state index contributed by atoms with van der Waals surface area (Å²) in [6.45, 7) is 3.06. The van der Waals surface area contributed by atoms with E-state index in [0.29, 0.717) is 10.8 Å². The van der Waals surface area contributed by atoms with Gasteiger partial charge in [0, 0.05) is 12.1 Å². The van der Waals surface area contributed by atoms with E-state index in [1.54, 1.807) is 0 Å². The van der Waals surface area contributed by atoms with Crippen molar-refractivity contribution >= 4 is 34.5 Å². The van der Waals surface area contributed by atoms with E-state index in [1.807, 2.05) is 0 Å². The van der Waals surface area contributed by atoms with E-state index in [4.69, 9.17) is 16.6 Å². The SMILES string of the molecule is CCC1=Nc2c(Cl)ncnc2N2CCCc3cccc1c32. The standard InChI is InChI=1S/C16H15ClN4/c1-2-12-11-7-3-5-10-6-4-8-21(14(10)11)16-13(20-12)15(17)18-9-19-16/h3,5,7,9H,2,4,6,8H2,1H3. The molecule has 0 saturated heterocycles. The van der Waals surface area contributed by atoms with Crippen LogP contribution in [-0.2, 0) is 6.42 Å². The average Bonchev–Trinajstić information content (AvgIpc) is 2.66. The monoisotopic (exact) mass is 298 g/mol. The second kappa shape index (κ2) is 4.81. The van der Waals surface area contributed by atoms with Gasteiger partial charge in [-0.2, -0.15) is 0 Å². The molecule has 0 atom stereocenters. The van der Waals surface area contributed by atoms with Gasteiger partial charge in [-0.3, -0.25) is 0 Å². The molecule has 2 aliphatic rings. The minimum atomic E-state index is 0.422. The number of halogens is 1. The zero-order chi connectivity index (χ0) is 14.4. The predicted octanol–water partition coefficient (Wildman–Crippen LogP) is 4.06. The number of aromatic nitrogens is 2. The average molecular weight is 299 g/mol. The molecule has 0 saturated carbocycles. The molecule has 0 bridgehead atoms. The highest BCUT2D eigenvalue weighted by molar-refractivity contribution is 6.32. The molecule has 4 nitrogen and oxygen atoms in total. The van der Waals surface area contributed by atoms with Crippen molar-refractivity contribution in [2.45, 2.75) is 26.2 Å². The maximum absolute atomic E-state index is 6.28. The molecule has 2 aromatic rings. The van der Waals surface area contributed by atoms with Crippen LogP contribution in [0.15, 0.2) is 29.5 Å².